The molecule has 0 saturated carbocycles. The van der Waals surface area contributed by atoms with Crippen LogP contribution in [-0.2, 0) is 16.1 Å². The molecule has 0 aromatic carbocycles. The fourth-order valence-corrected chi connectivity index (χ4v) is 3.86. The number of pyridine rings is 1. The van der Waals surface area contributed by atoms with Crippen LogP contribution < -0.4 is 5.73 Å². The van der Waals surface area contributed by atoms with Gasteiger partial charge in [-0.25, -0.2) is 4.98 Å². The Morgan fingerprint density at radius 2 is 2.26 bits per heavy atom. The van der Waals surface area contributed by atoms with Crippen LogP contribution in [0, 0.1) is 5.41 Å². The molecule has 2 N–H and O–H groups in total. The number of carbonyl (C=O) groups excluding carboxylic acids is 1. The molecular formula is C17H26N4O2. The van der Waals surface area contributed by atoms with Gasteiger partial charge in [0.2, 0.25) is 5.91 Å². The number of hydrogen-bond donors (Lipinski definition) is 1. The molecule has 1 atom stereocenters. The zero-order valence-corrected chi connectivity index (χ0v) is 13.8. The van der Waals surface area contributed by atoms with Gasteiger partial charge in [-0.05, 0) is 31.9 Å². The molecule has 6 nitrogen and oxygen atoms in total. The van der Waals surface area contributed by atoms with Gasteiger partial charge in [0.05, 0.1) is 12.0 Å². The van der Waals surface area contributed by atoms with Crippen molar-refractivity contribution >= 4 is 11.7 Å². The number of piperidine rings is 1. The third kappa shape index (κ3) is 3.33. The minimum absolute atomic E-state index is 0.205. The largest absolute Gasteiger partial charge is 0.383 e. The summed E-state index contributed by atoms with van der Waals surface area (Å²) in [6.45, 7) is 4.71. The number of ether oxygens (including phenoxy) is 1. The number of anilines is 1. The molecule has 23 heavy (non-hydrogen) atoms. The molecule has 2 saturated heterocycles. The first-order valence-corrected chi connectivity index (χ1v) is 8.35. The molecule has 1 amide bonds. The van der Waals surface area contributed by atoms with E-state index in [1.165, 1.54) is 0 Å². The third-order valence-corrected chi connectivity index (χ3v) is 5.14. The lowest BCUT2D eigenvalue weighted by molar-refractivity contribution is -0.146. The number of nitrogens with two attached hydrogens (primary N) is 1. The van der Waals surface area contributed by atoms with Crippen molar-refractivity contribution in [3.63, 3.8) is 0 Å². The molecule has 2 fully saturated rings. The summed E-state index contributed by atoms with van der Waals surface area (Å²) in [4.78, 5) is 21.4. The fourth-order valence-electron chi connectivity index (χ4n) is 3.86. The maximum absolute atomic E-state index is 12.9. The number of methoxy groups -OCH3 is 1. The second-order valence-corrected chi connectivity index (χ2v) is 6.68. The zero-order valence-electron chi connectivity index (χ0n) is 13.8. The van der Waals surface area contributed by atoms with E-state index in [9.17, 15) is 4.79 Å². The van der Waals surface area contributed by atoms with Gasteiger partial charge in [-0.15, -0.1) is 0 Å². The Morgan fingerprint density at radius 1 is 1.39 bits per heavy atom. The van der Waals surface area contributed by atoms with Gasteiger partial charge in [-0.2, -0.15) is 0 Å². The average molecular weight is 318 g/mol. The van der Waals surface area contributed by atoms with Crippen molar-refractivity contribution in [1.29, 1.82) is 0 Å². The standard InChI is InChI=1S/C17H26N4O2/c1-23-11-10-21-8-3-5-17(16(21)22)6-9-20(13-17)12-14-4-2-7-19-15(14)18/h2,4,7H,3,5-6,8-13H2,1H3,(H2,18,19)/t17-/m0/s1. The smallest absolute Gasteiger partial charge is 0.230 e. The molecule has 126 valence electrons. The average Bonchev–Trinajstić information content (AvgIpc) is 2.95. The summed E-state index contributed by atoms with van der Waals surface area (Å²) in [5, 5.41) is 0. The van der Waals surface area contributed by atoms with Crippen molar-refractivity contribution in [3.05, 3.63) is 23.9 Å². The van der Waals surface area contributed by atoms with Crippen molar-refractivity contribution in [2.45, 2.75) is 25.8 Å². The molecule has 1 aromatic rings. The second-order valence-electron chi connectivity index (χ2n) is 6.68. The Labute approximate surface area is 137 Å². The van der Waals surface area contributed by atoms with Crippen LogP contribution in [0.3, 0.4) is 0 Å². The van der Waals surface area contributed by atoms with Gasteiger partial charge >= 0.3 is 0 Å². The van der Waals surface area contributed by atoms with Gasteiger partial charge in [0, 0.05) is 45.0 Å². The highest BCUT2D eigenvalue weighted by Gasteiger charge is 2.48. The summed E-state index contributed by atoms with van der Waals surface area (Å²) in [6, 6.07) is 3.93. The molecule has 0 bridgehead atoms. The van der Waals surface area contributed by atoms with Gasteiger partial charge in [-0.3, -0.25) is 9.69 Å². The van der Waals surface area contributed by atoms with E-state index in [-0.39, 0.29) is 5.41 Å². The van der Waals surface area contributed by atoms with Crippen molar-refractivity contribution < 1.29 is 9.53 Å². The lowest BCUT2D eigenvalue weighted by atomic mass is 9.78. The van der Waals surface area contributed by atoms with E-state index in [0.717, 1.165) is 51.0 Å². The molecule has 3 rings (SSSR count). The van der Waals surface area contributed by atoms with Crippen LogP contribution in [0.2, 0.25) is 0 Å². The molecule has 2 aliphatic heterocycles. The van der Waals surface area contributed by atoms with E-state index < -0.39 is 0 Å². The summed E-state index contributed by atoms with van der Waals surface area (Å²) in [6.07, 6.45) is 4.73. The predicted octanol–water partition coefficient (Wildman–Crippen LogP) is 1.12. The lowest BCUT2D eigenvalue weighted by Crippen LogP contribution is -2.50. The first-order valence-electron chi connectivity index (χ1n) is 8.35. The van der Waals surface area contributed by atoms with Crippen LogP contribution in [-0.4, -0.2) is 60.6 Å². The number of nitrogens with zero attached hydrogens (tertiary/aromatic N) is 3. The molecular weight excluding hydrogens is 292 g/mol. The summed E-state index contributed by atoms with van der Waals surface area (Å²) in [5.74, 6) is 0.896. The van der Waals surface area contributed by atoms with Crippen molar-refractivity contribution in [1.82, 2.24) is 14.8 Å². The lowest BCUT2D eigenvalue weighted by Gasteiger charge is -2.39. The van der Waals surface area contributed by atoms with Gasteiger partial charge in [-0.1, -0.05) is 6.07 Å². The highest BCUT2D eigenvalue weighted by Crippen LogP contribution is 2.40. The van der Waals surface area contributed by atoms with Gasteiger partial charge in [0.15, 0.2) is 0 Å². The maximum atomic E-state index is 12.9. The Kier molecular flexibility index (Phi) is 4.82. The topological polar surface area (TPSA) is 71.7 Å². The number of aromatic nitrogens is 1. The van der Waals surface area contributed by atoms with Crippen LogP contribution in [0.25, 0.3) is 0 Å². The number of likely N-dealkylation sites (tertiary alicyclic amines) is 2. The minimum atomic E-state index is -0.205. The Bertz CT molecular complexity index is 565. The van der Waals surface area contributed by atoms with Crippen molar-refractivity contribution in [2.24, 2.45) is 5.41 Å². The molecule has 0 radical (unpaired) electrons. The molecule has 1 spiro atoms. The van der Waals surface area contributed by atoms with Crippen LogP contribution >= 0.6 is 0 Å². The molecule has 0 aliphatic carbocycles. The van der Waals surface area contributed by atoms with E-state index in [4.69, 9.17) is 10.5 Å². The third-order valence-electron chi connectivity index (χ3n) is 5.14. The Balaban J connectivity index is 1.65. The Hall–Kier alpha value is -1.66. The number of nitrogen functional groups attached to an aromatic ring is 1. The van der Waals surface area contributed by atoms with E-state index in [2.05, 4.69) is 9.88 Å². The zero-order chi connectivity index (χ0) is 16.3. The SMILES string of the molecule is COCCN1CCC[C@@]2(CCN(Cc3cccnc3N)C2)C1=O. The molecule has 2 aliphatic rings. The normalized spacial score (nSPS) is 25.4. The second kappa shape index (κ2) is 6.84. The Morgan fingerprint density at radius 3 is 3.04 bits per heavy atom. The van der Waals surface area contributed by atoms with E-state index in [1.54, 1.807) is 13.3 Å². The molecule has 6 heteroatoms. The number of hydrogen-bond acceptors (Lipinski definition) is 5. The van der Waals surface area contributed by atoms with Crippen LogP contribution in [0.1, 0.15) is 24.8 Å². The van der Waals surface area contributed by atoms with Gasteiger partial charge < -0.3 is 15.4 Å². The van der Waals surface area contributed by atoms with E-state index in [1.807, 2.05) is 17.0 Å². The van der Waals surface area contributed by atoms with Crippen LogP contribution in [0.15, 0.2) is 18.3 Å². The highest BCUT2D eigenvalue weighted by atomic mass is 16.5. The van der Waals surface area contributed by atoms with Crippen molar-refractivity contribution in [3.8, 4) is 0 Å². The van der Waals surface area contributed by atoms with Crippen LogP contribution in [0.4, 0.5) is 5.82 Å². The first kappa shape index (κ1) is 16.2. The molecule has 3 heterocycles. The summed E-state index contributed by atoms with van der Waals surface area (Å²) < 4.78 is 5.13. The highest BCUT2D eigenvalue weighted by molar-refractivity contribution is 5.84. The summed E-state index contributed by atoms with van der Waals surface area (Å²) in [5.41, 5.74) is 6.79. The minimum Gasteiger partial charge on any atom is -0.383 e. The van der Waals surface area contributed by atoms with E-state index >= 15 is 0 Å². The van der Waals surface area contributed by atoms with Crippen LogP contribution in [0.5, 0.6) is 0 Å². The fraction of sp³-hybridized carbons (Fsp3) is 0.647. The maximum Gasteiger partial charge on any atom is 0.230 e. The first-order chi connectivity index (χ1) is 11.1. The number of rotatable bonds is 5. The summed E-state index contributed by atoms with van der Waals surface area (Å²) in [7, 11) is 1.68. The molecule has 1 aromatic heterocycles. The van der Waals surface area contributed by atoms with Gasteiger partial charge in [0.1, 0.15) is 5.82 Å². The number of amides is 1. The summed E-state index contributed by atoms with van der Waals surface area (Å²) >= 11 is 0. The molecule has 0 unspecified atom stereocenters. The quantitative estimate of drug-likeness (QED) is 0.881. The predicted molar refractivity (Wildman–Crippen MR) is 88.7 cm³/mol. The van der Waals surface area contributed by atoms with E-state index in [0.29, 0.717) is 24.9 Å². The number of carbonyl (C=O) groups is 1. The van der Waals surface area contributed by atoms with Crippen molar-refractivity contribution in [2.75, 3.05) is 45.6 Å². The van der Waals surface area contributed by atoms with Gasteiger partial charge in [0.25, 0.3) is 0 Å². The monoisotopic (exact) mass is 318 g/mol.